The first kappa shape index (κ1) is 20.6. The minimum absolute atomic E-state index is 0.0442. The largest absolute Gasteiger partial charge is 0.438 e. The van der Waals surface area contributed by atoms with E-state index in [-0.39, 0.29) is 11.3 Å². The summed E-state index contributed by atoms with van der Waals surface area (Å²) in [5.74, 6) is 2.11. The summed E-state index contributed by atoms with van der Waals surface area (Å²) in [7, 11) is 0. The molecule has 160 valence electrons. The quantitative estimate of drug-likeness (QED) is 0.769. The lowest BCUT2D eigenvalue weighted by atomic mass is 9.91. The van der Waals surface area contributed by atoms with Crippen molar-refractivity contribution in [3.8, 4) is 11.6 Å². The number of nitrogens with zero attached hydrogens (tertiary/aromatic N) is 4. The van der Waals surface area contributed by atoms with Crippen LogP contribution in [0.1, 0.15) is 38.4 Å². The summed E-state index contributed by atoms with van der Waals surface area (Å²) < 4.78 is 11.7. The van der Waals surface area contributed by atoms with Gasteiger partial charge in [-0.1, -0.05) is 39.0 Å². The van der Waals surface area contributed by atoms with Gasteiger partial charge >= 0.3 is 0 Å². The molecule has 0 aliphatic carbocycles. The fourth-order valence-corrected chi connectivity index (χ4v) is 3.74. The molecule has 2 aliphatic rings. The van der Waals surface area contributed by atoms with Crippen LogP contribution in [0.5, 0.6) is 11.6 Å². The molecule has 0 spiro atoms. The first-order valence-electron chi connectivity index (χ1n) is 10.6. The van der Waals surface area contributed by atoms with Gasteiger partial charge in [0, 0.05) is 32.5 Å². The van der Waals surface area contributed by atoms with E-state index < -0.39 is 0 Å². The fourth-order valence-electron chi connectivity index (χ4n) is 3.74. The smallest absolute Gasteiger partial charge is 0.229 e. The third-order valence-corrected chi connectivity index (χ3v) is 5.30. The molecule has 0 N–H and O–H groups in total. The van der Waals surface area contributed by atoms with E-state index in [2.05, 4.69) is 25.7 Å². The van der Waals surface area contributed by atoms with Crippen LogP contribution in [0.3, 0.4) is 0 Å². The van der Waals surface area contributed by atoms with Crippen LogP contribution < -0.4 is 9.64 Å². The number of benzene rings is 1. The van der Waals surface area contributed by atoms with Crippen LogP contribution in [0.15, 0.2) is 30.3 Å². The number of hydrogen-bond acceptors (Lipinski definition) is 6. The third-order valence-electron chi connectivity index (χ3n) is 5.30. The molecule has 2 aromatic rings. The number of fused-ring (bicyclic) bond motifs is 1. The van der Waals surface area contributed by atoms with Gasteiger partial charge in [-0.05, 0) is 17.5 Å². The van der Waals surface area contributed by atoms with Crippen molar-refractivity contribution < 1.29 is 14.3 Å². The zero-order valence-corrected chi connectivity index (χ0v) is 18.1. The number of hydrogen-bond donors (Lipinski definition) is 0. The van der Waals surface area contributed by atoms with Crippen LogP contribution in [-0.4, -0.2) is 53.6 Å². The second-order valence-corrected chi connectivity index (χ2v) is 9.07. The fraction of sp³-hybridized carbons (Fsp3) is 0.522. The highest BCUT2D eigenvalue weighted by Crippen LogP contribution is 2.32. The standard InChI is InChI=1S/C23H30N4O3/c1-23(2,3)15-20(28)27-10-9-19-18(16-27)21(30-17-7-5-4-6-8-17)25-22(24-19)26-11-13-29-14-12-26/h4-8H,9-16H2,1-3H3. The number of amides is 1. The summed E-state index contributed by atoms with van der Waals surface area (Å²) in [5, 5.41) is 0. The van der Waals surface area contributed by atoms with Crippen LogP contribution in [0.4, 0.5) is 5.95 Å². The van der Waals surface area contributed by atoms with Crippen molar-refractivity contribution in [2.24, 2.45) is 5.41 Å². The van der Waals surface area contributed by atoms with Crippen LogP contribution in [0.2, 0.25) is 0 Å². The third kappa shape index (κ3) is 4.90. The molecule has 7 heteroatoms. The summed E-state index contributed by atoms with van der Waals surface area (Å²) in [5.41, 5.74) is 1.83. The lowest BCUT2D eigenvalue weighted by molar-refractivity contribution is -0.134. The molecule has 2 aliphatic heterocycles. The normalized spacial score (nSPS) is 16.9. The summed E-state index contributed by atoms with van der Waals surface area (Å²) in [6.45, 7) is 10.3. The molecule has 0 unspecified atom stereocenters. The van der Waals surface area contributed by atoms with Crippen molar-refractivity contribution in [3.63, 3.8) is 0 Å². The van der Waals surface area contributed by atoms with Gasteiger partial charge < -0.3 is 19.3 Å². The Morgan fingerprint density at radius 1 is 1.10 bits per heavy atom. The maximum absolute atomic E-state index is 12.8. The van der Waals surface area contributed by atoms with Crippen LogP contribution in [0, 0.1) is 5.41 Å². The van der Waals surface area contributed by atoms with Crippen molar-refractivity contribution in [2.45, 2.75) is 40.2 Å². The Labute approximate surface area is 178 Å². The van der Waals surface area contributed by atoms with Crippen molar-refractivity contribution in [1.29, 1.82) is 0 Å². The number of rotatable bonds is 4. The molecule has 0 atom stereocenters. The molecule has 7 nitrogen and oxygen atoms in total. The zero-order valence-electron chi connectivity index (χ0n) is 18.1. The average Bonchev–Trinajstić information content (AvgIpc) is 2.73. The highest BCUT2D eigenvalue weighted by molar-refractivity contribution is 5.77. The number of ether oxygens (including phenoxy) is 2. The summed E-state index contributed by atoms with van der Waals surface area (Å²) in [6, 6.07) is 9.65. The monoisotopic (exact) mass is 410 g/mol. The van der Waals surface area contributed by atoms with Gasteiger partial charge in [-0.25, -0.2) is 4.98 Å². The van der Waals surface area contributed by atoms with Gasteiger partial charge in [0.05, 0.1) is 31.0 Å². The van der Waals surface area contributed by atoms with Gasteiger partial charge in [-0.2, -0.15) is 4.98 Å². The summed E-state index contributed by atoms with van der Waals surface area (Å²) >= 11 is 0. The number of carbonyl (C=O) groups is 1. The number of morpholine rings is 1. The number of aromatic nitrogens is 2. The van der Waals surface area contributed by atoms with Crippen molar-refractivity contribution in [3.05, 3.63) is 41.6 Å². The molecule has 0 saturated carbocycles. The van der Waals surface area contributed by atoms with E-state index in [4.69, 9.17) is 19.4 Å². The van der Waals surface area contributed by atoms with E-state index in [9.17, 15) is 4.79 Å². The molecule has 1 fully saturated rings. The number of anilines is 1. The lowest BCUT2D eigenvalue weighted by Crippen LogP contribution is -2.40. The maximum Gasteiger partial charge on any atom is 0.229 e. The highest BCUT2D eigenvalue weighted by atomic mass is 16.5. The summed E-state index contributed by atoms with van der Waals surface area (Å²) in [6.07, 6.45) is 1.22. The molecule has 1 amide bonds. The van der Waals surface area contributed by atoms with Gasteiger partial charge in [0.2, 0.25) is 17.7 Å². The van der Waals surface area contributed by atoms with Crippen LogP contribution >= 0.6 is 0 Å². The van der Waals surface area contributed by atoms with E-state index in [1.165, 1.54) is 0 Å². The van der Waals surface area contributed by atoms with Crippen molar-refractivity contribution >= 4 is 11.9 Å². The zero-order chi connectivity index (χ0) is 21.1. The molecule has 30 heavy (non-hydrogen) atoms. The van der Waals surface area contributed by atoms with Gasteiger partial charge in [-0.15, -0.1) is 0 Å². The minimum atomic E-state index is -0.0442. The van der Waals surface area contributed by atoms with Gasteiger partial charge in [0.1, 0.15) is 5.75 Å². The minimum Gasteiger partial charge on any atom is -0.438 e. The Kier molecular flexibility index (Phi) is 5.90. The van der Waals surface area contributed by atoms with Crippen LogP contribution in [-0.2, 0) is 22.5 Å². The molecule has 0 bridgehead atoms. The van der Waals surface area contributed by atoms with Gasteiger partial charge in [-0.3, -0.25) is 4.79 Å². The first-order valence-corrected chi connectivity index (χ1v) is 10.6. The number of carbonyl (C=O) groups excluding carboxylic acids is 1. The molecule has 1 aromatic carbocycles. The molecule has 1 saturated heterocycles. The van der Waals surface area contributed by atoms with Gasteiger partial charge in [0.15, 0.2) is 0 Å². The van der Waals surface area contributed by atoms with Crippen molar-refractivity contribution in [2.75, 3.05) is 37.7 Å². The Balaban J connectivity index is 1.64. The first-order chi connectivity index (χ1) is 14.4. The average molecular weight is 411 g/mol. The SMILES string of the molecule is CC(C)(C)CC(=O)N1CCc2nc(N3CCOCC3)nc(Oc3ccccc3)c2C1. The van der Waals surface area contributed by atoms with Crippen molar-refractivity contribution in [1.82, 2.24) is 14.9 Å². The molecule has 4 rings (SSSR count). The molecular formula is C23H30N4O3. The maximum atomic E-state index is 12.8. The Morgan fingerprint density at radius 2 is 1.83 bits per heavy atom. The molecule has 0 radical (unpaired) electrons. The second-order valence-electron chi connectivity index (χ2n) is 9.07. The Hall–Kier alpha value is -2.67. The summed E-state index contributed by atoms with van der Waals surface area (Å²) in [4.78, 5) is 26.5. The van der Waals surface area contributed by atoms with E-state index in [0.717, 1.165) is 30.1 Å². The predicted octanol–water partition coefficient (Wildman–Crippen LogP) is 3.43. The van der Waals surface area contributed by atoms with E-state index in [1.807, 2.05) is 35.2 Å². The number of para-hydroxylation sites is 1. The molecular weight excluding hydrogens is 380 g/mol. The van der Waals surface area contributed by atoms with E-state index in [0.29, 0.717) is 51.0 Å². The second kappa shape index (κ2) is 8.60. The predicted molar refractivity (Wildman–Crippen MR) is 115 cm³/mol. The topological polar surface area (TPSA) is 67.8 Å². The lowest BCUT2D eigenvalue weighted by Gasteiger charge is -2.33. The highest BCUT2D eigenvalue weighted by Gasteiger charge is 2.29. The van der Waals surface area contributed by atoms with Gasteiger partial charge in [0.25, 0.3) is 0 Å². The Bertz CT molecular complexity index is 889. The van der Waals surface area contributed by atoms with E-state index >= 15 is 0 Å². The Morgan fingerprint density at radius 3 is 2.53 bits per heavy atom. The van der Waals surface area contributed by atoms with E-state index in [1.54, 1.807) is 0 Å². The molecule has 3 heterocycles. The van der Waals surface area contributed by atoms with Crippen LogP contribution in [0.25, 0.3) is 0 Å². The molecule has 1 aromatic heterocycles.